The first kappa shape index (κ1) is 23.3. The summed E-state index contributed by atoms with van der Waals surface area (Å²) in [5, 5.41) is 6.10. The molecule has 2 aliphatic heterocycles. The minimum absolute atomic E-state index is 0.0259. The highest BCUT2D eigenvalue weighted by atomic mass is 19.1. The van der Waals surface area contributed by atoms with E-state index < -0.39 is 11.6 Å². The molecule has 0 unspecified atom stereocenters. The maximum absolute atomic E-state index is 14.9. The number of anilines is 3. The Bertz CT molecular complexity index is 1230. The summed E-state index contributed by atoms with van der Waals surface area (Å²) in [6.45, 7) is 6.65. The fraction of sp³-hybridized carbons (Fsp3) is 0.400. The monoisotopic (exact) mass is 484 g/mol. The highest BCUT2D eigenvalue weighted by Gasteiger charge is 2.26. The van der Waals surface area contributed by atoms with Gasteiger partial charge in [-0.1, -0.05) is 0 Å². The topological polar surface area (TPSA) is 75.2 Å². The van der Waals surface area contributed by atoms with Crippen LogP contribution >= 0.6 is 0 Å². The van der Waals surface area contributed by atoms with Crippen molar-refractivity contribution >= 4 is 17.5 Å². The van der Waals surface area contributed by atoms with Gasteiger partial charge in [-0.05, 0) is 57.8 Å². The average Bonchev–Trinajstić information content (AvgIpc) is 2.85. The maximum atomic E-state index is 14.9. The molecule has 1 fully saturated rings. The van der Waals surface area contributed by atoms with Gasteiger partial charge in [0.1, 0.15) is 23.9 Å². The molecule has 1 saturated heterocycles. The summed E-state index contributed by atoms with van der Waals surface area (Å²) in [6.07, 6.45) is 4.23. The van der Waals surface area contributed by atoms with Crippen LogP contribution in [0.2, 0.25) is 0 Å². The molecular formula is C25H27F3N6O. The van der Waals surface area contributed by atoms with Gasteiger partial charge in [-0.3, -0.25) is 0 Å². The summed E-state index contributed by atoms with van der Waals surface area (Å²) in [4.78, 5) is 14.5. The summed E-state index contributed by atoms with van der Waals surface area (Å²) in [7, 11) is 0. The van der Waals surface area contributed by atoms with Crippen LogP contribution in [0.15, 0.2) is 30.6 Å². The Morgan fingerprint density at radius 1 is 1.03 bits per heavy atom. The Kier molecular flexibility index (Phi) is 6.46. The lowest BCUT2D eigenvalue weighted by molar-refractivity contribution is 0.287. The Balaban J connectivity index is 1.43. The Labute approximate surface area is 201 Å². The third kappa shape index (κ3) is 4.75. The lowest BCUT2D eigenvalue weighted by Gasteiger charge is -2.34. The molecule has 0 amide bonds. The van der Waals surface area contributed by atoms with Crippen LogP contribution in [0.4, 0.5) is 30.6 Å². The number of aromatic nitrogens is 3. The Morgan fingerprint density at radius 3 is 2.57 bits per heavy atom. The molecular weight excluding hydrogens is 457 g/mol. The van der Waals surface area contributed by atoms with E-state index in [9.17, 15) is 13.2 Å². The molecule has 2 aromatic heterocycles. The highest BCUT2D eigenvalue weighted by molar-refractivity contribution is 5.73. The normalized spacial score (nSPS) is 16.2. The molecule has 5 rings (SSSR count). The molecule has 0 bridgehead atoms. The standard InChI is InChI=1S/C25H27F3N6O/c1-14(2)34-7-8-35-24-19(27)9-16(10-21(24)34)23-20(28)13-31-25(33-23)32-22-11-18(26)17(12-30-22)15-3-5-29-6-4-15/h9-15,29H,3-8H2,1-2H3,(H,30,31,32,33). The Morgan fingerprint density at radius 2 is 1.83 bits per heavy atom. The predicted octanol–water partition coefficient (Wildman–Crippen LogP) is 4.77. The van der Waals surface area contributed by atoms with Crippen molar-refractivity contribution in [3.05, 3.63) is 53.6 Å². The van der Waals surface area contributed by atoms with Gasteiger partial charge in [0.15, 0.2) is 17.4 Å². The van der Waals surface area contributed by atoms with Gasteiger partial charge < -0.3 is 20.3 Å². The van der Waals surface area contributed by atoms with Crippen LogP contribution in [0.5, 0.6) is 5.75 Å². The summed E-state index contributed by atoms with van der Waals surface area (Å²) in [5.41, 5.74) is 1.30. The largest absolute Gasteiger partial charge is 0.486 e. The van der Waals surface area contributed by atoms with Crippen molar-refractivity contribution in [3.8, 4) is 17.0 Å². The van der Waals surface area contributed by atoms with Crippen LogP contribution in [-0.4, -0.2) is 47.2 Å². The summed E-state index contributed by atoms with van der Waals surface area (Å²) < 4.78 is 49.9. The lowest BCUT2D eigenvalue weighted by Crippen LogP contribution is -2.38. The van der Waals surface area contributed by atoms with Gasteiger partial charge in [0.2, 0.25) is 5.95 Å². The zero-order valence-electron chi connectivity index (χ0n) is 19.6. The number of benzene rings is 1. The first-order chi connectivity index (χ1) is 16.9. The molecule has 0 spiro atoms. The molecule has 7 nitrogen and oxygen atoms in total. The molecule has 2 N–H and O–H groups in total. The molecule has 0 saturated carbocycles. The minimum Gasteiger partial charge on any atom is -0.486 e. The molecule has 3 aromatic rings. The molecule has 35 heavy (non-hydrogen) atoms. The molecule has 0 aliphatic carbocycles. The third-order valence-corrected chi connectivity index (χ3v) is 6.45. The van der Waals surface area contributed by atoms with Gasteiger partial charge in [-0.15, -0.1) is 0 Å². The van der Waals surface area contributed by atoms with E-state index >= 15 is 0 Å². The molecule has 0 radical (unpaired) electrons. The second kappa shape index (κ2) is 9.69. The van der Waals surface area contributed by atoms with Crippen molar-refractivity contribution in [1.29, 1.82) is 0 Å². The summed E-state index contributed by atoms with van der Waals surface area (Å²) >= 11 is 0. The summed E-state index contributed by atoms with van der Waals surface area (Å²) in [6, 6.07) is 4.26. The second-order valence-electron chi connectivity index (χ2n) is 9.07. The van der Waals surface area contributed by atoms with E-state index in [4.69, 9.17) is 4.74 Å². The molecule has 10 heteroatoms. The van der Waals surface area contributed by atoms with Gasteiger partial charge in [-0.25, -0.2) is 28.1 Å². The van der Waals surface area contributed by atoms with Gasteiger partial charge in [0.05, 0.1) is 18.4 Å². The molecule has 2 aliphatic rings. The molecule has 1 aromatic carbocycles. The van der Waals surface area contributed by atoms with E-state index in [0.717, 1.165) is 32.1 Å². The van der Waals surface area contributed by atoms with Crippen LogP contribution in [0.25, 0.3) is 11.3 Å². The van der Waals surface area contributed by atoms with Crippen molar-refractivity contribution in [2.75, 3.05) is 36.5 Å². The number of ether oxygens (including phenoxy) is 1. The molecule has 4 heterocycles. The highest BCUT2D eigenvalue weighted by Crippen LogP contribution is 2.39. The number of hydrogen-bond donors (Lipinski definition) is 2. The minimum atomic E-state index is -0.705. The van der Waals surface area contributed by atoms with Gasteiger partial charge >= 0.3 is 0 Å². The number of nitrogens with zero attached hydrogens (tertiary/aromatic N) is 4. The SMILES string of the molecule is CC(C)N1CCOc2c(F)cc(-c3nc(Nc4cc(F)c(C5CCNCC5)cn4)ncc3F)cc21. The quantitative estimate of drug-likeness (QED) is 0.540. The smallest absolute Gasteiger partial charge is 0.229 e. The number of pyridine rings is 1. The molecule has 0 atom stereocenters. The van der Waals surface area contributed by atoms with Crippen molar-refractivity contribution in [3.63, 3.8) is 0 Å². The van der Waals surface area contributed by atoms with Crippen LogP contribution in [-0.2, 0) is 0 Å². The first-order valence-electron chi connectivity index (χ1n) is 11.8. The lowest BCUT2D eigenvalue weighted by atomic mass is 9.91. The van der Waals surface area contributed by atoms with Gasteiger partial charge in [0.25, 0.3) is 0 Å². The van der Waals surface area contributed by atoms with Crippen molar-refractivity contribution in [1.82, 2.24) is 20.3 Å². The fourth-order valence-electron chi connectivity index (χ4n) is 4.66. The number of halogens is 3. The van der Waals surface area contributed by atoms with Gasteiger partial charge in [-0.2, -0.15) is 0 Å². The van der Waals surface area contributed by atoms with E-state index in [2.05, 4.69) is 25.6 Å². The number of hydrogen-bond acceptors (Lipinski definition) is 7. The van der Waals surface area contributed by atoms with Crippen molar-refractivity contribution in [2.45, 2.75) is 38.6 Å². The zero-order chi connectivity index (χ0) is 24.5. The van der Waals surface area contributed by atoms with Crippen LogP contribution in [0.1, 0.15) is 38.2 Å². The van der Waals surface area contributed by atoms with E-state index in [1.54, 1.807) is 6.07 Å². The molecule has 184 valence electrons. The zero-order valence-corrected chi connectivity index (χ0v) is 19.6. The number of piperidine rings is 1. The van der Waals surface area contributed by atoms with Crippen LogP contribution in [0.3, 0.4) is 0 Å². The number of fused-ring (bicyclic) bond motifs is 1. The van der Waals surface area contributed by atoms with E-state index in [-0.39, 0.29) is 46.6 Å². The summed E-state index contributed by atoms with van der Waals surface area (Å²) in [5.74, 6) is -1.15. The predicted molar refractivity (Wildman–Crippen MR) is 128 cm³/mol. The first-order valence-corrected chi connectivity index (χ1v) is 11.8. The fourth-order valence-corrected chi connectivity index (χ4v) is 4.66. The van der Waals surface area contributed by atoms with Gasteiger partial charge in [0, 0.05) is 29.4 Å². The van der Waals surface area contributed by atoms with E-state index in [1.807, 2.05) is 18.7 Å². The van der Waals surface area contributed by atoms with Crippen molar-refractivity contribution < 1.29 is 17.9 Å². The number of rotatable bonds is 5. The average molecular weight is 485 g/mol. The van der Waals surface area contributed by atoms with E-state index in [0.29, 0.717) is 24.4 Å². The number of nitrogens with one attached hydrogen (secondary N) is 2. The maximum Gasteiger partial charge on any atom is 0.229 e. The third-order valence-electron chi connectivity index (χ3n) is 6.45. The van der Waals surface area contributed by atoms with E-state index in [1.165, 1.54) is 18.3 Å². The van der Waals surface area contributed by atoms with Crippen LogP contribution < -0.4 is 20.3 Å². The Hall–Kier alpha value is -3.40. The van der Waals surface area contributed by atoms with Crippen LogP contribution in [0, 0.1) is 17.5 Å². The van der Waals surface area contributed by atoms with Crippen molar-refractivity contribution in [2.24, 2.45) is 0 Å². The second-order valence-corrected chi connectivity index (χ2v) is 9.07.